The van der Waals surface area contributed by atoms with Crippen molar-refractivity contribution >= 4 is 23.5 Å². The molecule has 0 saturated heterocycles. The standard InChI is InChI=1S/C22H26ClNO4/c1-15(2)21(17-6-8-18(23)9-7-17)22(26)28-14-20(25)24-13-12-16-4-10-19(27-3)11-5-16/h4-11,15,21H,12-14H2,1-3H3,(H,24,25)/t21-/m1/s1. The number of carbonyl (C=O) groups excluding carboxylic acids is 2. The van der Waals surface area contributed by atoms with E-state index in [1.807, 2.05) is 50.2 Å². The van der Waals surface area contributed by atoms with Crippen LogP contribution in [0, 0.1) is 5.92 Å². The molecule has 1 atom stereocenters. The maximum absolute atomic E-state index is 12.5. The predicted molar refractivity (Wildman–Crippen MR) is 110 cm³/mol. The number of esters is 1. The van der Waals surface area contributed by atoms with Crippen LogP contribution in [0.4, 0.5) is 0 Å². The second-order valence-electron chi connectivity index (χ2n) is 6.83. The van der Waals surface area contributed by atoms with Gasteiger partial charge in [0.1, 0.15) is 5.75 Å². The topological polar surface area (TPSA) is 64.6 Å². The highest BCUT2D eigenvalue weighted by atomic mass is 35.5. The smallest absolute Gasteiger partial charge is 0.314 e. The highest BCUT2D eigenvalue weighted by Gasteiger charge is 2.26. The summed E-state index contributed by atoms with van der Waals surface area (Å²) in [6.07, 6.45) is 0.684. The van der Waals surface area contributed by atoms with Crippen molar-refractivity contribution in [2.24, 2.45) is 5.92 Å². The average molecular weight is 404 g/mol. The zero-order valence-electron chi connectivity index (χ0n) is 16.4. The van der Waals surface area contributed by atoms with Gasteiger partial charge < -0.3 is 14.8 Å². The van der Waals surface area contributed by atoms with Crippen LogP contribution >= 0.6 is 11.6 Å². The lowest BCUT2D eigenvalue weighted by Crippen LogP contribution is -2.32. The van der Waals surface area contributed by atoms with Crippen molar-refractivity contribution in [2.45, 2.75) is 26.2 Å². The number of hydrogen-bond donors (Lipinski definition) is 1. The normalized spacial score (nSPS) is 11.8. The summed E-state index contributed by atoms with van der Waals surface area (Å²) in [6.45, 7) is 4.05. The fourth-order valence-corrected chi connectivity index (χ4v) is 3.01. The third-order valence-corrected chi connectivity index (χ3v) is 4.64. The van der Waals surface area contributed by atoms with Gasteiger partial charge in [0, 0.05) is 11.6 Å². The Labute approximate surface area is 171 Å². The van der Waals surface area contributed by atoms with Gasteiger partial charge in [0.05, 0.1) is 13.0 Å². The molecule has 0 fully saturated rings. The van der Waals surface area contributed by atoms with E-state index in [2.05, 4.69) is 5.32 Å². The first kappa shape index (κ1) is 21.8. The van der Waals surface area contributed by atoms with Gasteiger partial charge in [-0.15, -0.1) is 0 Å². The Morgan fingerprint density at radius 2 is 1.68 bits per heavy atom. The lowest BCUT2D eigenvalue weighted by atomic mass is 9.88. The van der Waals surface area contributed by atoms with Gasteiger partial charge in [0.25, 0.3) is 5.91 Å². The van der Waals surface area contributed by atoms with Gasteiger partial charge in [0.15, 0.2) is 6.61 Å². The summed E-state index contributed by atoms with van der Waals surface area (Å²) in [4.78, 5) is 24.5. The largest absolute Gasteiger partial charge is 0.497 e. The van der Waals surface area contributed by atoms with Crippen LogP contribution in [0.3, 0.4) is 0 Å². The lowest BCUT2D eigenvalue weighted by Gasteiger charge is -2.20. The maximum atomic E-state index is 12.5. The summed E-state index contributed by atoms with van der Waals surface area (Å²) in [5.41, 5.74) is 1.91. The zero-order chi connectivity index (χ0) is 20.5. The number of benzene rings is 2. The molecule has 2 aromatic rings. The van der Waals surface area contributed by atoms with Crippen LogP contribution < -0.4 is 10.1 Å². The van der Waals surface area contributed by atoms with Gasteiger partial charge >= 0.3 is 5.97 Å². The quantitative estimate of drug-likeness (QED) is 0.643. The third-order valence-electron chi connectivity index (χ3n) is 4.39. The minimum Gasteiger partial charge on any atom is -0.497 e. The summed E-state index contributed by atoms with van der Waals surface area (Å²) in [7, 11) is 1.62. The molecule has 1 N–H and O–H groups in total. The van der Waals surface area contributed by atoms with Crippen molar-refractivity contribution in [2.75, 3.05) is 20.3 Å². The molecule has 0 radical (unpaired) electrons. The fraction of sp³-hybridized carbons (Fsp3) is 0.364. The Hall–Kier alpha value is -2.53. The van der Waals surface area contributed by atoms with Crippen molar-refractivity contribution in [1.29, 1.82) is 0 Å². The summed E-state index contributed by atoms with van der Waals surface area (Å²) >= 11 is 5.91. The van der Waals surface area contributed by atoms with Crippen molar-refractivity contribution in [3.63, 3.8) is 0 Å². The molecule has 28 heavy (non-hydrogen) atoms. The molecule has 0 spiro atoms. The van der Waals surface area contributed by atoms with E-state index in [-0.39, 0.29) is 18.4 Å². The van der Waals surface area contributed by atoms with Crippen LogP contribution in [0.25, 0.3) is 0 Å². The van der Waals surface area contributed by atoms with Crippen LogP contribution in [0.2, 0.25) is 5.02 Å². The van der Waals surface area contributed by atoms with E-state index in [9.17, 15) is 9.59 Å². The monoisotopic (exact) mass is 403 g/mol. The van der Waals surface area contributed by atoms with Gasteiger partial charge in [0.2, 0.25) is 0 Å². The Balaban J connectivity index is 1.79. The van der Waals surface area contributed by atoms with E-state index >= 15 is 0 Å². The summed E-state index contributed by atoms with van der Waals surface area (Å²) < 4.78 is 10.4. The second kappa shape index (κ2) is 10.7. The molecule has 150 valence electrons. The van der Waals surface area contributed by atoms with Crippen molar-refractivity contribution < 1.29 is 19.1 Å². The molecule has 0 bridgehead atoms. The molecule has 6 heteroatoms. The minimum atomic E-state index is -0.440. The van der Waals surface area contributed by atoms with Crippen molar-refractivity contribution in [1.82, 2.24) is 5.32 Å². The first-order chi connectivity index (χ1) is 13.4. The van der Waals surface area contributed by atoms with Crippen molar-refractivity contribution in [3.8, 4) is 5.75 Å². The molecule has 0 unspecified atom stereocenters. The van der Waals surface area contributed by atoms with Gasteiger partial charge in [-0.25, -0.2) is 0 Å². The van der Waals surface area contributed by atoms with Crippen LogP contribution in [-0.4, -0.2) is 32.1 Å². The summed E-state index contributed by atoms with van der Waals surface area (Å²) in [5.74, 6) is -0.348. The number of ether oxygens (including phenoxy) is 2. The molecule has 2 aromatic carbocycles. The number of amides is 1. The molecule has 1 amide bonds. The summed E-state index contributed by atoms with van der Waals surface area (Å²) in [6, 6.07) is 14.8. The Morgan fingerprint density at radius 3 is 2.25 bits per heavy atom. The van der Waals surface area contributed by atoms with Crippen LogP contribution in [0.5, 0.6) is 5.75 Å². The van der Waals surface area contributed by atoms with Crippen LogP contribution in [-0.2, 0) is 20.7 Å². The molecular formula is C22H26ClNO4. The first-order valence-corrected chi connectivity index (χ1v) is 9.60. The second-order valence-corrected chi connectivity index (χ2v) is 7.27. The Kier molecular flexibility index (Phi) is 8.33. The molecule has 0 saturated carbocycles. The van der Waals surface area contributed by atoms with Crippen LogP contribution in [0.15, 0.2) is 48.5 Å². The van der Waals surface area contributed by atoms with Gasteiger partial charge in [-0.3, -0.25) is 9.59 Å². The fourth-order valence-electron chi connectivity index (χ4n) is 2.88. The predicted octanol–water partition coefficient (Wildman–Crippen LogP) is 3.99. The molecule has 0 aliphatic rings. The van der Waals surface area contributed by atoms with Crippen LogP contribution in [0.1, 0.15) is 30.9 Å². The number of hydrogen-bond acceptors (Lipinski definition) is 4. The van der Waals surface area contributed by atoms with E-state index in [1.54, 1.807) is 19.2 Å². The third kappa shape index (κ3) is 6.57. The Bertz CT molecular complexity index is 772. The lowest BCUT2D eigenvalue weighted by molar-refractivity contribution is -0.151. The van der Waals surface area contributed by atoms with E-state index in [0.717, 1.165) is 16.9 Å². The van der Waals surface area contributed by atoms with Gasteiger partial charge in [-0.1, -0.05) is 49.7 Å². The molecule has 0 aliphatic carbocycles. The number of nitrogens with one attached hydrogen (secondary N) is 1. The number of carbonyl (C=O) groups is 2. The highest BCUT2D eigenvalue weighted by molar-refractivity contribution is 6.30. The number of rotatable bonds is 9. The van der Waals surface area contributed by atoms with E-state index in [4.69, 9.17) is 21.1 Å². The van der Waals surface area contributed by atoms with Gasteiger partial charge in [-0.05, 0) is 47.7 Å². The molecule has 0 aromatic heterocycles. The molecule has 0 heterocycles. The molecule has 2 rings (SSSR count). The minimum absolute atomic E-state index is 0.0341. The number of methoxy groups -OCH3 is 1. The maximum Gasteiger partial charge on any atom is 0.314 e. The number of halogens is 1. The SMILES string of the molecule is COc1ccc(CCNC(=O)COC(=O)[C@@H](c2ccc(Cl)cc2)C(C)C)cc1. The Morgan fingerprint density at radius 1 is 1.04 bits per heavy atom. The van der Waals surface area contributed by atoms with E-state index < -0.39 is 11.9 Å². The zero-order valence-corrected chi connectivity index (χ0v) is 17.2. The van der Waals surface area contributed by atoms with E-state index in [1.165, 1.54) is 0 Å². The summed E-state index contributed by atoms with van der Waals surface area (Å²) in [5, 5.41) is 3.37. The van der Waals surface area contributed by atoms with Gasteiger partial charge in [-0.2, -0.15) is 0 Å². The average Bonchev–Trinajstić information content (AvgIpc) is 2.68. The first-order valence-electron chi connectivity index (χ1n) is 9.22. The molecular weight excluding hydrogens is 378 g/mol. The van der Waals surface area contributed by atoms with E-state index in [0.29, 0.717) is 18.0 Å². The van der Waals surface area contributed by atoms with Crippen molar-refractivity contribution in [3.05, 3.63) is 64.7 Å². The molecule has 0 aliphatic heterocycles. The molecule has 5 nitrogen and oxygen atoms in total. The highest BCUT2D eigenvalue weighted by Crippen LogP contribution is 2.27.